The number of nitriles is 1. The van der Waals surface area contributed by atoms with Crippen molar-refractivity contribution >= 4 is 33.9 Å². The van der Waals surface area contributed by atoms with Crippen molar-refractivity contribution in [2.45, 2.75) is 0 Å². The molecule has 0 saturated heterocycles. The third-order valence-corrected chi connectivity index (χ3v) is 3.94. The van der Waals surface area contributed by atoms with Gasteiger partial charge in [-0.05, 0) is 35.7 Å². The number of aromatic amines is 1. The monoisotopic (exact) mass is 309 g/mol. The molecule has 6 heteroatoms. The maximum atomic E-state index is 12.2. The minimum atomic E-state index is -0.300. The van der Waals surface area contributed by atoms with E-state index in [4.69, 9.17) is 4.74 Å². The third kappa shape index (κ3) is 2.62. The molecule has 0 spiro atoms. The van der Waals surface area contributed by atoms with Crippen LogP contribution in [0.25, 0.3) is 22.6 Å². The highest BCUT2D eigenvalue weighted by molar-refractivity contribution is 7.10. The minimum Gasteiger partial charge on any atom is -0.497 e. The number of thiophene rings is 1. The van der Waals surface area contributed by atoms with E-state index in [0.717, 1.165) is 4.88 Å². The number of nitrogens with one attached hydrogen (secondary N) is 1. The fourth-order valence-corrected chi connectivity index (χ4v) is 2.70. The number of benzene rings is 1. The van der Waals surface area contributed by atoms with Crippen LogP contribution in [0.2, 0.25) is 0 Å². The van der Waals surface area contributed by atoms with Crippen molar-refractivity contribution in [3.05, 3.63) is 56.8 Å². The van der Waals surface area contributed by atoms with Crippen molar-refractivity contribution in [1.82, 2.24) is 9.97 Å². The fourth-order valence-electron chi connectivity index (χ4n) is 2.04. The molecule has 0 bridgehead atoms. The van der Waals surface area contributed by atoms with Crippen molar-refractivity contribution in [3.63, 3.8) is 0 Å². The Morgan fingerprint density at radius 3 is 3.00 bits per heavy atom. The number of fused-ring (bicyclic) bond motifs is 1. The van der Waals surface area contributed by atoms with E-state index in [1.165, 1.54) is 18.4 Å². The number of H-pyrrole nitrogens is 1. The van der Waals surface area contributed by atoms with Crippen LogP contribution in [0.3, 0.4) is 0 Å². The average Bonchev–Trinajstić information content (AvgIpc) is 3.05. The molecular formula is C16H11N3O2S. The lowest BCUT2D eigenvalue weighted by Gasteiger charge is -2.04. The topological polar surface area (TPSA) is 78.8 Å². The van der Waals surface area contributed by atoms with Crippen LogP contribution in [-0.2, 0) is 0 Å². The predicted molar refractivity (Wildman–Crippen MR) is 86.7 cm³/mol. The molecule has 0 atom stereocenters. The largest absolute Gasteiger partial charge is 0.497 e. The number of nitrogens with zero attached hydrogens (tertiary/aromatic N) is 2. The first-order valence-electron chi connectivity index (χ1n) is 6.45. The second-order valence-electron chi connectivity index (χ2n) is 4.48. The second kappa shape index (κ2) is 5.84. The molecule has 0 unspecified atom stereocenters. The van der Waals surface area contributed by atoms with Crippen molar-refractivity contribution in [2.24, 2.45) is 0 Å². The lowest BCUT2D eigenvalue weighted by atomic mass is 10.2. The smallest absolute Gasteiger partial charge is 0.259 e. The van der Waals surface area contributed by atoms with Crippen LogP contribution in [0, 0.1) is 11.3 Å². The van der Waals surface area contributed by atoms with E-state index >= 15 is 0 Å². The Labute approximate surface area is 130 Å². The number of ether oxygens (including phenoxy) is 1. The summed E-state index contributed by atoms with van der Waals surface area (Å²) in [6.07, 6.45) is 1.71. The van der Waals surface area contributed by atoms with Gasteiger partial charge in [0.05, 0.1) is 23.6 Å². The van der Waals surface area contributed by atoms with Crippen molar-refractivity contribution in [3.8, 4) is 11.8 Å². The second-order valence-corrected chi connectivity index (χ2v) is 5.46. The van der Waals surface area contributed by atoms with Gasteiger partial charge < -0.3 is 9.72 Å². The van der Waals surface area contributed by atoms with Crippen molar-refractivity contribution < 1.29 is 4.74 Å². The lowest BCUT2D eigenvalue weighted by molar-refractivity contribution is 0.415. The summed E-state index contributed by atoms with van der Waals surface area (Å²) in [6.45, 7) is 0. The summed E-state index contributed by atoms with van der Waals surface area (Å²) in [4.78, 5) is 20.2. The molecule has 1 aromatic carbocycles. The predicted octanol–water partition coefficient (Wildman–Crippen LogP) is 3.06. The number of methoxy groups -OCH3 is 1. The molecule has 0 saturated carbocycles. The van der Waals surface area contributed by atoms with E-state index in [9.17, 15) is 10.1 Å². The van der Waals surface area contributed by atoms with Gasteiger partial charge in [0.15, 0.2) is 5.82 Å². The summed E-state index contributed by atoms with van der Waals surface area (Å²) in [7, 11) is 1.54. The van der Waals surface area contributed by atoms with Crippen LogP contribution in [0.4, 0.5) is 0 Å². The minimum absolute atomic E-state index is 0.263. The summed E-state index contributed by atoms with van der Waals surface area (Å²) in [5.41, 5.74) is 0.537. The van der Waals surface area contributed by atoms with Gasteiger partial charge in [-0.1, -0.05) is 6.07 Å². The molecule has 1 N–H and O–H groups in total. The molecule has 0 aliphatic carbocycles. The zero-order valence-corrected chi connectivity index (χ0v) is 12.5. The summed E-state index contributed by atoms with van der Waals surface area (Å²) < 4.78 is 5.10. The summed E-state index contributed by atoms with van der Waals surface area (Å²) >= 11 is 1.51. The third-order valence-electron chi connectivity index (χ3n) is 3.12. The lowest BCUT2D eigenvalue weighted by Crippen LogP contribution is -2.11. The van der Waals surface area contributed by atoms with Crippen molar-refractivity contribution in [2.75, 3.05) is 7.11 Å². The summed E-state index contributed by atoms with van der Waals surface area (Å²) in [5, 5.41) is 11.7. The van der Waals surface area contributed by atoms with Crippen LogP contribution in [0.1, 0.15) is 10.7 Å². The first kappa shape index (κ1) is 14.0. The highest BCUT2D eigenvalue weighted by Crippen LogP contribution is 2.20. The quantitative estimate of drug-likeness (QED) is 0.754. The van der Waals surface area contributed by atoms with Crippen LogP contribution in [0.5, 0.6) is 5.75 Å². The normalized spacial score (nSPS) is 11.4. The van der Waals surface area contributed by atoms with E-state index in [1.807, 2.05) is 17.5 Å². The van der Waals surface area contributed by atoms with Gasteiger partial charge in [0.1, 0.15) is 11.8 Å². The molecule has 5 nitrogen and oxygen atoms in total. The van der Waals surface area contributed by atoms with E-state index < -0.39 is 0 Å². The Hall–Kier alpha value is -2.91. The molecule has 0 fully saturated rings. The SMILES string of the molecule is COc1ccc2nc(C(C#N)=Cc3cccs3)[nH]c(=O)c2c1. The fraction of sp³-hybridized carbons (Fsp3) is 0.0625. The summed E-state index contributed by atoms with van der Waals surface area (Å²) in [6, 6.07) is 10.9. The van der Waals surface area contributed by atoms with Crippen LogP contribution in [0.15, 0.2) is 40.5 Å². The van der Waals surface area contributed by atoms with E-state index in [2.05, 4.69) is 16.0 Å². The molecule has 0 amide bonds. The first-order valence-corrected chi connectivity index (χ1v) is 7.33. The van der Waals surface area contributed by atoms with Gasteiger partial charge in [0.25, 0.3) is 5.56 Å². The van der Waals surface area contributed by atoms with Gasteiger partial charge in [-0.25, -0.2) is 4.98 Å². The molecule has 2 aromatic heterocycles. The number of hydrogen-bond donors (Lipinski definition) is 1. The van der Waals surface area contributed by atoms with Gasteiger partial charge in [0.2, 0.25) is 0 Å². The van der Waals surface area contributed by atoms with E-state index in [1.54, 1.807) is 24.3 Å². The van der Waals surface area contributed by atoms with Crippen LogP contribution >= 0.6 is 11.3 Å². The van der Waals surface area contributed by atoms with Gasteiger partial charge in [-0.15, -0.1) is 11.3 Å². The molecule has 3 aromatic rings. The van der Waals surface area contributed by atoms with Crippen molar-refractivity contribution in [1.29, 1.82) is 5.26 Å². The maximum Gasteiger partial charge on any atom is 0.259 e. The highest BCUT2D eigenvalue weighted by atomic mass is 32.1. The Kier molecular flexibility index (Phi) is 3.73. The molecule has 3 rings (SSSR count). The standard InChI is InChI=1S/C16H11N3O2S/c1-21-11-4-5-14-13(8-11)16(20)19-15(18-14)10(9-17)7-12-3-2-6-22-12/h2-8H,1H3,(H,18,19,20). The maximum absolute atomic E-state index is 12.2. The van der Waals surface area contributed by atoms with Gasteiger partial charge in [-0.3, -0.25) is 4.79 Å². The molecule has 22 heavy (non-hydrogen) atoms. The Bertz CT molecular complexity index is 950. The molecule has 2 heterocycles. The van der Waals surface area contributed by atoms with Gasteiger partial charge in [0, 0.05) is 4.88 Å². The molecule has 0 radical (unpaired) electrons. The first-order chi connectivity index (χ1) is 10.7. The van der Waals surface area contributed by atoms with E-state index in [-0.39, 0.29) is 11.4 Å². The van der Waals surface area contributed by atoms with Crippen LogP contribution < -0.4 is 10.3 Å². The van der Waals surface area contributed by atoms with Crippen LogP contribution in [-0.4, -0.2) is 17.1 Å². The molecular weight excluding hydrogens is 298 g/mol. The summed E-state index contributed by atoms with van der Waals surface area (Å²) in [5.74, 6) is 0.848. The zero-order valence-electron chi connectivity index (χ0n) is 11.7. The number of allylic oxidation sites excluding steroid dienone is 1. The Morgan fingerprint density at radius 2 is 2.32 bits per heavy atom. The Morgan fingerprint density at radius 1 is 1.45 bits per heavy atom. The molecule has 0 aliphatic rings. The van der Waals surface area contributed by atoms with Gasteiger partial charge in [-0.2, -0.15) is 5.26 Å². The highest BCUT2D eigenvalue weighted by Gasteiger charge is 2.09. The number of rotatable bonds is 3. The zero-order chi connectivity index (χ0) is 15.5. The Balaban J connectivity index is 2.16. The van der Waals surface area contributed by atoms with Gasteiger partial charge >= 0.3 is 0 Å². The van der Waals surface area contributed by atoms with E-state index in [0.29, 0.717) is 22.2 Å². The molecule has 108 valence electrons. The number of aromatic nitrogens is 2. The average molecular weight is 309 g/mol. The number of hydrogen-bond acceptors (Lipinski definition) is 5. The molecule has 0 aliphatic heterocycles.